The first-order valence-corrected chi connectivity index (χ1v) is 7.76. The van der Waals surface area contributed by atoms with Crippen molar-refractivity contribution in [2.24, 2.45) is 0 Å². The summed E-state index contributed by atoms with van der Waals surface area (Å²) in [5, 5.41) is 11.9. The quantitative estimate of drug-likeness (QED) is 0.623. The van der Waals surface area contributed by atoms with E-state index in [2.05, 4.69) is 9.71 Å². The average Bonchev–Trinajstić information content (AvgIpc) is 2.82. The van der Waals surface area contributed by atoms with E-state index in [1.54, 1.807) is 0 Å². The first-order valence-electron chi connectivity index (χ1n) is 5.40. The topological polar surface area (TPSA) is 122 Å². The molecule has 0 aliphatic rings. The molecule has 8 nitrogen and oxygen atoms in total. The Balaban J connectivity index is 2.21. The number of nitrogens with zero attached hydrogens (tertiary/aromatic N) is 1. The predicted molar refractivity (Wildman–Crippen MR) is 72.0 cm³/mol. The summed E-state index contributed by atoms with van der Waals surface area (Å²) < 4.78 is 39.4. The molecule has 0 amide bonds. The van der Waals surface area contributed by atoms with Crippen molar-refractivity contribution in [2.45, 2.75) is 11.4 Å². The van der Waals surface area contributed by atoms with Crippen molar-refractivity contribution in [3.8, 4) is 0 Å². The van der Waals surface area contributed by atoms with E-state index in [4.69, 9.17) is 0 Å². The Morgan fingerprint density at radius 1 is 1.43 bits per heavy atom. The summed E-state index contributed by atoms with van der Waals surface area (Å²) in [5.41, 5.74) is -0.452. The van der Waals surface area contributed by atoms with Gasteiger partial charge in [0.1, 0.15) is 0 Å². The number of aromatic nitrogens is 1. The minimum absolute atomic E-state index is 0.181. The molecule has 0 saturated carbocycles. The fourth-order valence-electron chi connectivity index (χ4n) is 1.46. The maximum Gasteiger partial charge on any atom is 0.304 e. The Morgan fingerprint density at radius 2 is 2.14 bits per heavy atom. The Labute approximate surface area is 121 Å². The second kappa shape index (κ2) is 5.71. The average molecular weight is 333 g/mol. The van der Waals surface area contributed by atoms with E-state index in [0.717, 1.165) is 23.5 Å². The van der Waals surface area contributed by atoms with E-state index in [9.17, 15) is 27.7 Å². The lowest BCUT2D eigenvalue weighted by Gasteiger charge is -2.05. The fourth-order valence-corrected chi connectivity index (χ4v) is 3.06. The van der Waals surface area contributed by atoms with Gasteiger partial charge in [-0.2, -0.15) is 4.39 Å². The number of hydrogen-bond acceptors (Lipinski definition) is 6. The van der Waals surface area contributed by atoms with Crippen LogP contribution in [0.15, 0.2) is 33.3 Å². The predicted octanol–water partition coefficient (Wildman–Crippen LogP) is 0.962. The number of sulfonamides is 1. The molecule has 0 aliphatic carbocycles. The summed E-state index contributed by atoms with van der Waals surface area (Å²) in [5.74, 6) is -1.24. The third-order valence-corrected chi connectivity index (χ3v) is 4.57. The molecule has 0 atom stereocenters. The summed E-state index contributed by atoms with van der Waals surface area (Å²) in [6, 6.07) is 2.27. The van der Waals surface area contributed by atoms with Crippen molar-refractivity contribution in [3.05, 3.63) is 54.9 Å². The number of nitrogens with one attached hydrogen (secondary N) is 2. The zero-order valence-corrected chi connectivity index (χ0v) is 11.8. The van der Waals surface area contributed by atoms with Gasteiger partial charge in [-0.05, 0) is 6.07 Å². The Morgan fingerprint density at radius 3 is 2.67 bits per heavy atom. The van der Waals surface area contributed by atoms with E-state index < -0.39 is 31.3 Å². The molecule has 2 rings (SSSR count). The number of benzene rings is 1. The molecule has 1 aromatic carbocycles. The molecule has 0 unspecified atom stereocenters. The van der Waals surface area contributed by atoms with Gasteiger partial charge in [0.05, 0.1) is 16.4 Å². The molecule has 1 heterocycles. The van der Waals surface area contributed by atoms with Crippen molar-refractivity contribution >= 4 is 27.0 Å². The summed E-state index contributed by atoms with van der Waals surface area (Å²) in [7, 11) is -4.04. The highest BCUT2D eigenvalue weighted by molar-refractivity contribution is 7.89. The lowest BCUT2D eigenvalue weighted by molar-refractivity contribution is -0.387. The Bertz CT molecular complexity index is 842. The molecule has 0 radical (unpaired) electrons. The standard InChI is InChI=1S/C10H8FN3O5S2/c11-8-3-7(1-2-9(8)14(16)17)21(18,19)12-4-6-5-20-10(15)13-6/h1-3,5,12H,4H2,(H,13,15). The van der Waals surface area contributed by atoms with E-state index in [1.807, 2.05) is 0 Å². The first-order chi connectivity index (χ1) is 9.79. The van der Waals surface area contributed by atoms with Crippen molar-refractivity contribution in [3.63, 3.8) is 0 Å². The lowest BCUT2D eigenvalue weighted by atomic mass is 10.3. The lowest BCUT2D eigenvalue weighted by Crippen LogP contribution is -2.23. The number of aromatic amines is 1. The number of H-pyrrole nitrogens is 1. The van der Waals surface area contributed by atoms with Crippen LogP contribution in [-0.4, -0.2) is 18.3 Å². The molecule has 1 aromatic heterocycles. The monoisotopic (exact) mass is 333 g/mol. The first kappa shape index (κ1) is 15.3. The molecule has 21 heavy (non-hydrogen) atoms. The van der Waals surface area contributed by atoms with Gasteiger partial charge in [0.25, 0.3) is 0 Å². The zero-order chi connectivity index (χ0) is 15.6. The van der Waals surface area contributed by atoms with Crippen molar-refractivity contribution in [2.75, 3.05) is 0 Å². The third-order valence-electron chi connectivity index (χ3n) is 2.45. The van der Waals surface area contributed by atoms with Crippen LogP contribution < -0.4 is 9.60 Å². The number of halogens is 1. The van der Waals surface area contributed by atoms with Gasteiger partial charge in [-0.3, -0.25) is 14.9 Å². The molecule has 11 heteroatoms. The molecular formula is C10H8FN3O5S2. The van der Waals surface area contributed by atoms with Crippen molar-refractivity contribution in [1.82, 2.24) is 9.71 Å². The number of rotatable bonds is 5. The maximum absolute atomic E-state index is 13.4. The maximum atomic E-state index is 13.4. The smallest absolute Gasteiger partial charge is 0.304 e. The number of nitro benzene ring substituents is 1. The van der Waals surface area contributed by atoms with Gasteiger partial charge >= 0.3 is 10.6 Å². The molecule has 0 bridgehead atoms. The second-order valence-electron chi connectivity index (χ2n) is 3.87. The van der Waals surface area contributed by atoms with Gasteiger partial charge in [0.15, 0.2) is 0 Å². The van der Waals surface area contributed by atoms with E-state index in [-0.39, 0.29) is 11.4 Å². The van der Waals surface area contributed by atoms with Crippen LogP contribution in [0.2, 0.25) is 0 Å². The van der Waals surface area contributed by atoms with E-state index in [1.165, 1.54) is 5.38 Å². The Hall–Kier alpha value is -2.11. The third kappa shape index (κ3) is 3.51. The van der Waals surface area contributed by atoms with Crippen LogP contribution in [0, 0.1) is 15.9 Å². The normalized spacial score (nSPS) is 11.5. The number of thiazole rings is 1. The van der Waals surface area contributed by atoms with Crippen LogP contribution in [0.4, 0.5) is 10.1 Å². The summed E-state index contributed by atoms with van der Waals surface area (Å²) >= 11 is 0.878. The van der Waals surface area contributed by atoms with Crippen LogP contribution in [0.5, 0.6) is 0 Å². The second-order valence-corrected chi connectivity index (χ2v) is 6.48. The summed E-state index contributed by atoms with van der Waals surface area (Å²) in [6.45, 7) is -0.181. The minimum atomic E-state index is -4.04. The van der Waals surface area contributed by atoms with Gasteiger partial charge in [-0.15, -0.1) is 0 Å². The Kier molecular flexibility index (Phi) is 4.16. The molecule has 112 valence electrons. The van der Waals surface area contributed by atoms with Crippen LogP contribution in [0.3, 0.4) is 0 Å². The van der Waals surface area contributed by atoms with Gasteiger partial charge < -0.3 is 4.98 Å². The van der Waals surface area contributed by atoms with Gasteiger partial charge in [-0.1, -0.05) is 11.3 Å². The number of hydrogen-bond donors (Lipinski definition) is 2. The van der Waals surface area contributed by atoms with Gasteiger partial charge in [0.2, 0.25) is 15.8 Å². The van der Waals surface area contributed by atoms with Crippen molar-refractivity contribution in [1.29, 1.82) is 0 Å². The largest absolute Gasteiger partial charge is 0.315 e. The van der Waals surface area contributed by atoms with E-state index >= 15 is 0 Å². The van der Waals surface area contributed by atoms with Gasteiger partial charge in [0, 0.05) is 23.2 Å². The molecule has 0 fully saturated rings. The highest BCUT2D eigenvalue weighted by Gasteiger charge is 2.20. The molecule has 0 aliphatic heterocycles. The summed E-state index contributed by atoms with van der Waals surface area (Å²) in [6.07, 6.45) is 0. The SMILES string of the molecule is O=c1[nH]c(CNS(=O)(=O)c2ccc([N+](=O)[O-])c(F)c2)cs1. The van der Waals surface area contributed by atoms with Crippen molar-refractivity contribution < 1.29 is 17.7 Å². The van der Waals surface area contributed by atoms with Crippen LogP contribution in [-0.2, 0) is 16.6 Å². The molecular weight excluding hydrogens is 325 g/mol. The van der Waals surface area contributed by atoms with E-state index in [0.29, 0.717) is 11.8 Å². The van der Waals surface area contributed by atoms with Crippen LogP contribution in [0.25, 0.3) is 0 Å². The minimum Gasteiger partial charge on any atom is -0.315 e. The highest BCUT2D eigenvalue weighted by Crippen LogP contribution is 2.20. The molecule has 0 saturated heterocycles. The van der Waals surface area contributed by atoms with Gasteiger partial charge in [-0.25, -0.2) is 13.1 Å². The summed E-state index contributed by atoms with van der Waals surface area (Å²) in [4.78, 5) is 22.1. The fraction of sp³-hybridized carbons (Fsp3) is 0.100. The van der Waals surface area contributed by atoms with Crippen LogP contribution in [0.1, 0.15) is 5.69 Å². The molecule has 2 N–H and O–H groups in total. The van der Waals surface area contributed by atoms with Crippen LogP contribution >= 0.6 is 11.3 Å². The zero-order valence-electron chi connectivity index (χ0n) is 10.2. The highest BCUT2D eigenvalue weighted by atomic mass is 32.2. The molecule has 0 spiro atoms. The molecule has 2 aromatic rings. The number of nitro groups is 1.